The predicted molar refractivity (Wildman–Crippen MR) is 61.2 cm³/mol. The van der Waals surface area contributed by atoms with E-state index in [2.05, 4.69) is 9.97 Å². The molecular weight excluding hydrogens is 204 g/mol. The first-order chi connectivity index (χ1) is 7.48. The topological polar surface area (TPSA) is 55.0 Å². The van der Waals surface area contributed by atoms with Gasteiger partial charge in [0.05, 0.1) is 10.9 Å². The van der Waals surface area contributed by atoms with Crippen molar-refractivity contribution < 1.29 is 9.53 Å². The van der Waals surface area contributed by atoms with Crippen molar-refractivity contribution in [3.63, 3.8) is 0 Å². The number of pyridine rings is 1. The molecule has 1 N–H and O–H groups in total. The molecule has 0 amide bonds. The van der Waals surface area contributed by atoms with Gasteiger partial charge in [-0.1, -0.05) is 0 Å². The number of aromatic amines is 1. The second kappa shape index (κ2) is 3.63. The zero-order chi connectivity index (χ0) is 11.8. The molecule has 0 aliphatic rings. The van der Waals surface area contributed by atoms with Crippen LogP contribution in [0.5, 0.6) is 5.75 Å². The lowest BCUT2D eigenvalue weighted by molar-refractivity contribution is -0.142. The molecule has 0 aromatic carbocycles. The van der Waals surface area contributed by atoms with E-state index in [9.17, 15) is 4.79 Å². The van der Waals surface area contributed by atoms with Gasteiger partial charge in [-0.3, -0.25) is 9.78 Å². The van der Waals surface area contributed by atoms with Crippen molar-refractivity contribution in [2.75, 3.05) is 0 Å². The van der Waals surface area contributed by atoms with Crippen molar-refractivity contribution in [3.8, 4) is 5.75 Å². The molecule has 0 unspecified atom stereocenters. The van der Waals surface area contributed by atoms with Crippen LogP contribution in [-0.2, 0) is 4.79 Å². The lowest BCUT2D eigenvalue weighted by atomic mass is 9.97. The number of rotatable bonds is 1. The molecule has 2 heterocycles. The summed E-state index contributed by atoms with van der Waals surface area (Å²) in [4.78, 5) is 18.9. The van der Waals surface area contributed by atoms with Gasteiger partial charge in [-0.15, -0.1) is 0 Å². The first-order valence-electron chi connectivity index (χ1n) is 5.13. The Morgan fingerprint density at radius 3 is 2.88 bits per heavy atom. The van der Waals surface area contributed by atoms with Crippen molar-refractivity contribution in [3.05, 3.63) is 24.5 Å². The van der Waals surface area contributed by atoms with E-state index in [0.29, 0.717) is 11.3 Å². The molecule has 2 aromatic heterocycles. The summed E-state index contributed by atoms with van der Waals surface area (Å²) >= 11 is 0. The molecule has 2 aromatic rings. The summed E-state index contributed by atoms with van der Waals surface area (Å²) in [7, 11) is 0. The smallest absolute Gasteiger partial charge is 0.316 e. The van der Waals surface area contributed by atoms with Crippen LogP contribution < -0.4 is 4.74 Å². The molecule has 2 rings (SSSR count). The first kappa shape index (κ1) is 10.7. The highest BCUT2D eigenvalue weighted by Gasteiger charge is 2.24. The van der Waals surface area contributed by atoms with Crippen LogP contribution in [0.25, 0.3) is 11.0 Å². The van der Waals surface area contributed by atoms with Crippen LogP contribution in [0.3, 0.4) is 0 Å². The highest BCUT2D eigenvalue weighted by atomic mass is 16.5. The fraction of sp³-hybridized carbons (Fsp3) is 0.333. The van der Waals surface area contributed by atoms with E-state index in [-0.39, 0.29) is 5.97 Å². The largest absolute Gasteiger partial charge is 0.422 e. The third-order valence-electron chi connectivity index (χ3n) is 2.21. The Labute approximate surface area is 93.6 Å². The Bertz CT molecular complexity index is 523. The van der Waals surface area contributed by atoms with Crippen molar-refractivity contribution in [1.82, 2.24) is 9.97 Å². The van der Waals surface area contributed by atoms with Crippen LogP contribution in [0.1, 0.15) is 20.8 Å². The second-order valence-corrected chi connectivity index (χ2v) is 4.69. The summed E-state index contributed by atoms with van der Waals surface area (Å²) in [5.74, 6) is 0.217. The van der Waals surface area contributed by atoms with E-state index in [4.69, 9.17) is 4.74 Å². The van der Waals surface area contributed by atoms with Crippen molar-refractivity contribution in [2.45, 2.75) is 20.8 Å². The number of carbonyl (C=O) groups is 1. The zero-order valence-corrected chi connectivity index (χ0v) is 9.57. The third kappa shape index (κ3) is 1.91. The molecule has 0 saturated heterocycles. The Hall–Kier alpha value is -1.84. The van der Waals surface area contributed by atoms with Crippen LogP contribution in [0.15, 0.2) is 24.5 Å². The van der Waals surface area contributed by atoms with Crippen LogP contribution in [0, 0.1) is 5.41 Å². The number of H-pyrrole nitrogens is 1. The fourth-order valence-electron chi connectivity index (χ4n) is 1.26. The maximum atomic E-state index is 11.7. The molecule has 0 spiro atoms. The number of carbonyl (C=O) groups excluding carboxylic acids is 1. The maximum Gasteiger partial charge on any atom is 0.316 e. The van der Waals surface area contributed by atoms with Crippen LogP contribution >= 0.6 is 0 Å². The van der Waals surface area contributed by atoms with Crippen molar-refractivity contribution in [1.29, 1.82) is 0 Å². The standard InChI is InChI=1S/C12H14N2O2/c1-12(2,3)11(15)16-9-7-14-8-5-4-6-13-10(8)9/h4-7,14H,1-3H3. The number of nitrogens with zero attached hydrogens (tertiary/aromatic N) is 1. The summed E-state index contributed by atoms with van der Waals surface area (Å²) in [6, 6.07) is 3.71. The van der Waals surface area contributed by atoms with Gasteiger partial charge < -0.3 is 9.72 Å². The Morgan fingerprint density at radius 1 is 1.44 bits per heavy atom. The van der Waals surface area contributed by atoms with Gasteiger partial charge in [0.2, 0.25) is 0 Å². The molecule has 0 bridgehead atoms. The summed E-state index contributed by atoms with van der Waals surface area (Å²) in [5.41, 5.74) is 1.03. The average molecular weight is 218 g/mol. The third-order valence-corrected chi connectivity index (χ3v) is 2.21. The molecule has 0 aliphatic heterocycles. The van der Waals surface area contributed by atoms with E-state index >= 15 is 0 Å². The summed E-state index contributed by atoms with van der Waals surface area (Å²) in [5, 5.41) is 0. The number of aromatic nitrogens is 2. The molecule has 16 heavy (non-hydrogen) atoms. The van der Waals surface area contributed by atoms with Gasteiger partial charge in [-0.05, 0) is 32.9 Å². The fourth-order valence-corrected chi connectivity index (χ4v) is 1.26. The van der Waals surface area contributed by atoms with Crippen molar-refractivity contribution in [2.24, 2.45) is 5.41 Å². The second-order valence-electron chi connectivity index (χ2n) is 4.69. The Morgan fingerprint density at radius 2 is 2.19 bits per heavy atom. The minimum absolute atomic E-state index is 0.265. The molecule has 0 atom stereocenters. The number of esters is 1. The van der Waals surface area contributed by atoms with Crippen molar-refractivity contribution >= 4 is 17.0 Å². The van der Waals surface area contributed by atoms with E-state index in [1.807, 2.05) is 32.9 Å². The highest BCUT2D eigenvalue weighted by Crippen LogP contribution is 2.25. The summed E-state index contributed by atoms with van der Waals surface area (Å²) in [6.07, 6.45) is 3.33. The summed E-state index contributed by atoms with van der Waals surface area (Å²) < 4.78 is 5.30. The number of nitrogens with one attached hydrogen (secondary N) is 1. The minimum Gasteiger partial charge on any atom is -0.422 e. The maximum absolute atomic E-state index is 11.7. The monoisotopic (exact) mass is 218 g/mol. The first-order valence-corrected chi connectivity index (χ1v) is 5.13. The Kier molecular flexibility index (Phi) is 2.42. The van der Waals surface area contributed by atoms with Crippen LogP contribution in [-0.4, -0.2) is 15.9 Å². The normalized spacial score (nSPS) is 11.7. The Balaban J connectivity index is 2.32. The molecule has 0 saturated carbocycles. The van der Waals surface area contributed by atoms with Gasteiger partial charge in [-0.2, -0.15) is 0 Å². The molecular formula is C12H14N2O2. The lowest BCUT2D eigenvalue weighted by Crippen LogP contribution is -2.25. The lowest BCUT2D eigenvalue weighted by Gasteiger charge is -2.15. The number of ether oxygens (including phenoxy) is 1. The molecule has 0 aliphatic carbocycles. The summed E-state index contributed by atoms with van der Waals surface area (Å²) in [6.45, 7) is 5.45. The number of hydrogen-bond donors (Lipinski definition) is 1. The molecule has 4 nitrogen and oxygen atoms in total. The SMILES string of the molecule is CC(C)(C)C(=O)Oc1c[nH]c2cccnc12. The van der Waals surface area contributed by atoms with E-state index in [0.717, 1.165) is 5.52 Å². The van der Waals surface area contributed by atoms with Gasteiger partial charge in [0.1, 0.15) is 5.52 Å². The molecule has 4 heteroatoms. The van der Waals surface area contributed by atoms with Crippen LogP contribution in [0.4, 0.5) is 0 Å². The van der Waals surface area contributed by atoms with Gasteiger partial charge in [0, 0.05) is 12.4 Å². The van der Waals surface area contributed by atoms with E-state index in [1.54, 1.807) is 12.4 Å². The van der Waals surface area contributed by atoms with E-state index in [1.165, 1.54) is 0 Å². The zero-order valence-electron chi connectivity index (χ0n) is 9.57. The highest BCUT2D eigenvalue weighted by molar-refractivity contribution is 5.86. The van der Waals surface area contributed by atoms with Gasteiger partial charge in [0.15, 0.2) is 5.75 Å². The molecule has 84 valence electrons. The number of fused-ring (bicyclic) bond motifs is 1. The molecule has 0 fully saturated rings. The quantitative estimate of drug-likeness (QED) is 0.748. The predicted octanol–water partition coefficient (Wildman–Crippen LogP) is 2.51. The van der Waals surface area contributed by atoms with E-state index < -0.39 is 5.41 Å². The van der Waals surface area contributed by atoms with Gasteiger partial charge in [0.25, 0.3) is 0 Å². The van der Waals surface area contributed by atoms with Gasteiger partial charge in [-0.25, -0.2) is 0 Å². The average Bonchev–Trinajstić information content (AvgIpc) is 2.61. The van der Waals surface area contributed by atoms with Gasteiger partial charge >= 0.3 is 5.97 Å². The van der Waals surface area contributed by atoms with Crippen LogP contribution in [0.2, 0.25) is 0 Å². The molecule has 0 radical (unpaired) electrons. The minimum atomic E-state index is -0.516. The number of hydrogen-bond acceptors (Lipinski definition) is 3.